The summed E-state index contributed by atoms with van der Waals surface area (Å²) in [5, 5.41) is 5.06. The first kappa shape index (κ1) is 16.8. The zero-order valence-corrected chi connectivity index (χ0v) is 14.9. The Hall–Kier alpha value is -3.66. The van der Waals surface area contributed by atoms with Gasteiger partial charge in [-0.25, -0.2) is 24.9 Å². The average Bonchev–Trinajstić information content (AvgIpc) is 3.38. The highest BCUT2D eigenvalue weighted by Crippen LogP contribution is 2.25. The highest BCUT2D eigenvalue weighted by Gasteiger charge is 2.16. The van der Waals surface area contributed by atoms with Crippen molar-refractivity contribution >= 4 is 22.4 Å². The Morgan fingerprint density at radius 2 is 1.96 bits per heavy atom. The molecule has 4 heterocycles. The van der Waals surface area contributed by atoms with E-state index in [0.29, 0.717) is 33.8 Å². The summed E-state index contributed by atoms with van der Waals surface area (Å²) in [6.45, 7) is 0. The molecule has 4 aromatic heterocycles. The van der Waals surface area contributed by atoms with Crippen molar-refractivity contribution in [2.45, 2.75) is 0 Å². The number of carbonyl (C=O) groups excluding carboxylic acids is 1. The Morgan fingerprint density at radius 3 is 2.78 bits per heavy atom. The molecule has 0 aliphatic carbocycles. The number of rotatable bonds is 5. The molecule has 0 bridgehead atoms. The summed E-state index contributed by atoms with van der Waals surface area (Å²) in [5.74, 6) is 0.163. The Labute approximate surface area is 157 Å². The molecule has 0 saturated heterocycles. The largest absolute Gasteiger partial charge is 0.481 e. The number of imidazole rings is 1. The highest BCUT2D eigenvalue weighted by atomic mass is 32.1. The van der Waals surface area contributed by atoms with E-state index in [1.165, 1.54) is 30.2 Å². The second kappa shape index (κ2) is 7.30. The van der Waals surface area contributed by atoms with E-state index in [0.717, 1.165) is 0 Å². The van der Waals surface area contributed by atoms with Crippen LogP contribution < -0.4 is 10.1 Å². The topological polar surface area (TPSA) is 108 Å². The molecule has 1 N–H and O–H groups in total. The zero-order chi connectivity index (χ0) is 18.6. The predicted molar refractivity (Wildman–Crippen MR) is 99.0 cm³/mol. The van der Waals surface area contributed by atoms with Crippen molar-refractivity contribution in [3.63, 3.8) is 0 Å². The van der Waals surface area contributed by atoms with Crippen molar-refractivity contribution in [2.75, 3.05) is 12.4 Å². The number of aromatic nitrogens is 6. The Balaban J connectivity index is 1.55. The van der Waals surface area contributed by atoms with Crippen LogP contribution in [-0.4, -0.2) is 42.5 Å². The van der Waals surface area contributed by atoms with Crippen LogP contribution in [0.2, 0.25) is 0 Å². The number of ether oxygens (including phenoxy) is 1. The summed E-state index contributed by atoms with van der Waals surface area (Å²) in [6, 6.07) is 5.42. The Kier molecular flexibility index (Phi) is 4.54. The predicted octanol–water partition coefficient (Wildman–Crippen LogP) is 2.44. The summed E-state index contributed by atoms with van der Waals surface area (Å²) in [4.78, 5) is 33.3. The second-order valence-corrected chi connectivity index (χ2v) is 6.16. The first-order valence-electron chi connectivity index (χ1n) is 7.80. The van der Waals surface area contributed by atoms with Gasteiger partial charge in [0.1, 0.15) is 17.7 Å². The fourth-order valence-electron chi connectivity index (χ4n) is 2.37. The lowest BCUT2D eigenvalue weighted by molar-refractivity contribution is 0.102. The normalized spacial score (nSPS) is 10.6. The first-order valence-corrected chi connectivity index (χ1v) is 8.68. The maximum atomic E-state index is 12.6. The number of pyridine rings is 1. The van der Waals surface area contributed by atoms with E-state index in [4.69, 9.17) is 4.74 Å². The van der Waals surface area contributed by atoms with Gasteiger partial charge in [0.25, 0.3) is 5.91 Å². The molecular weight excluding hydrogens is 366 g/mol. The maximum Gasteiger partial charge on any atom is 0.276 e. The van der Waals surface area contributed by atoms with Crippen LogP contribution in [0.5, 0.6) is 5.88 Å². The minimum absolute atomic E-state index is 0.337. The van der Waals surface area contributed by atoms with Gasteiger partial charge in [-0.05, 0) is 6.07 Å². The van der Waals surface area contributed by atoms with E-state index in [2.05, 4.69) is 30.2 Å². The average molecular weight is 379 g/mol. The van der Waals surface area contributed by atoms with Crippen LogP contribution in [0.3, 0.4) is 0 Å². The van der Waals surface area contributed by atoms with Crippen LogP contribution >= 0.6 is 11.3 Å². The Morgan fingerprint density at radius 1 is 1.11 bits per heavy atom. The molecule has 0 atom stereocenters. The van der Waals surface area contributed by atoms with Crippen LogP contribution in [0.1, 0.15) is 10.5 Å². The minimum atomic E-state index is -0.337. The molecule has 4 aromatic rings. The fraction of sp³-hybridized carbons (Fsp3) is 0.0588. The zero-order valence-electron chi connectivity index (χ0n) is 14.1. The highest BCUT2D eigenvalue weighted by molar-refractivity contribution is 7.14. The number of methoxy groups -OCH3 is 1. The van der Waals surface area contributed by atoms with Crippen molar-refractivity contribution in [3.05, 3.63) is 60.5 Å². The van der Waals surface area contributed by atoms with E-state index in [1.807, 2.05) is 17.5 Å². The molecule has 0 spiro atoms. The number of anilines is 1. The second-order valence-electron chi connectivity index (χ2n) is 5.30. The van der Waals surface area contributed by atoms with Crippen molar-refractivity contribution in [3.8, 4) is 23.0 Å². The van der Waals surface area contributed by atoms with Crippen molar-refractivity contribution in [1.82, 2.24) is 29.5 Å². The number of carbonyl (C=O) groups is 1. The monoisotopic (exact) mass is 379 g/mol. The van der Waals surface area contributed by atoms with Crippen molar-refractivity contribution < 1.29 is 9.53 Å². The summed E-state index contributed by atoms with van der Waals surface area (Å²) in [5.41, 5.74) is 2.30. The molecule has 0 aliphatic heterocycles. The van der Waals surface area contributed by atoms with Gasteiger partial charge in [0.15, 0.2) is 5.13 Å². The van der Waals surface area contributed by atoms with Gasteiger partial charge in [0.05, 0.1) is 43.4 Å². The molecule has 4 rings (SSSR count). The van der Waals surface area contributed by atoms with E-state index in [1.54, 1.807) is 30.1 Å². The molecule has 0 radical (unpaired) electrons. The molecule has 1 amide bonds. The lowest BCUT2D eigenvalue weighted by Gasteiger charge is -2.06. The number of thiazole rings is 1. The van der Waals surface area contributed by atoms with Crippen molar-refractivity contribution in [1.29, 1.82) is 0 Å². The van der Waals surface area contributed by atoms with Crippen LogP contribution in [-0.2, 0) is 0 Å². The lowest BCUT2D eigenvalue weighted by Crippen LogP contribution is -2.16. The SMILES string of the molecule is COc1cccc(-c2csc(NC(=O)c3cncn3-c3cncnc3)n2)n1. The minimum Gasteiger partial charge on any atom is -0.481 e. The third-order valence-electron chi connectivity index (χ3n) is 3.62. The van der Waals surface area contributed by atoms with Gasteiger partial charge in [-0.2, -0.15) is 0 Å². The quantitative estimate of drug-likeness (QED) is 0.567. The maximum absolute atomic E-state index is 12.6. The number of amides is 1. The number of hydrogen-bond acceptors (Lipinski definition) is 8. The molecule has 0 fully saturated rings. The van der Waals surface area contributed by atoms with Crippen LogP contribution in [0.25, 0.3) is 17.1 Å². The van der Waals surface area contributed by atoms with E-state index >= 15 is 0 Å². The molecule has 27 heavy (non-hydrogen) atoms. The van der Waals surface area contributed by atoms with Gasteiger partial charge in [-0.3, -0.25) is 14.7 Å². The summed E-state index contributed by atoms with van der Waals surface area (Å²) in [7, 11) is 1.56. The Bertz CT molecular complexity index is 1080. The fourth-order valence-corrected chi connectivity index (χ4v) is 3.06. The van der Waals surface area contributed by atoms with Gasteiger partial charge in [-0.1, -0.05) is 6.07 Å². The summed E-state index contributed by atoms with van der Waals surface area (Å²) >= 11 is 1.31. The van der Waals surface area contributed by atoms with Crippen molar-refractivity contribution in [2.24, 2.45) is 0 Å². The van der Waals surface area contributed by atoms with Crippen LogP contribution in [0, 0.1) is 0 Å². The van der Waals surface area contributed by atoms with Gasteiger partial charge in [-0.15, -0.1) is 11.3 Å². The van der Waals surface area contributed by atoms with Gasteiger partial charge in [0, 0.05) is 11.4 Å². The molecule has 134 valence electrons. The lowest BCUT2D eigenvalue weighted by atomic mass is 10.3. The molecule has 0 unspecified atom stereocenters. The van der Waals surface area contributed by atoms with E-state index in [9.17, 15) is 4.79 Å². The number of hydrogen-bond donors (Lipinski definition) is 1. The number of nitrogens with one attached hydrogen (secondary N) is 1. The third-order valence-corrected chi connectivity index (χ3v) is 4.37. The van der Waals surface area contributed by atoms with Crippen LogP contribution in [0.15, 0.2) is 54.8 Å². The van der Waals surface area contributed by atoms with E-state index < -0.39 is 0 Å². The third kappa shape index (κ3) is 3.51. The molecular formula is C17H13N7O2S. The number of nitrogens with zero attached hydrogens (tertiary/aromatic N) is 6. The summed E-state index contributed by atoms with van der Waals surface area (Å²) < 4.78 is 6.73. The first-order chi connectivity index (χ1) is 13.2. The smallest absolute Gasteiger partial charge is 0.276 e. The molecule has 9 nitrogen and oxygen atoms in total. The summed E-state index contributed by atoms with van der Waals surface area (Å²) in [6.07, 6.45) is 7.62. The standard InChI is InChI=1S/C17H13N7O2S/c1-26-15-4-2-3-12(21-15)13-8-27-17(22-13)23-16(25)14-7-20-10-24(14)11-5-18-9-19-6-11/h2-10H,1H3,(H,22,23,25). The molecule has 0 saturated carbocycles. The van der Waals surface area contributed by atoms with Crippen LogP contribution in [0.4, 0.5) is 5.13 Å². The molecule has 0 aliphatic rings. The van der Waals surface area contributed by atoms with E-state index in [-0.39, 0.29) is 5.91 Å². The van der Waals surface area contributed by atoms with Gasteiger partial charge in [0.2, 0.25) is 5.88 Å². The molecule has 10 heteroatoms. The van der Waals surface area contributed by atoms with Gasteiger partial charge < -0.3 is 4.74 Å². The molecule has 0 aromatic carbocycles. The van der Waals surface area contributed by atoms with Gasteiger partial charge >= 0.3 is 0 Å².